The standard InChI is InChI=1S/C17H19ClF3IN2O/c1-4-13(10(2)22)24(23-3)15(25)14-11(6-5-7-12(14)18)16(8-9-16)17(19,20)21/h5-7,23H,4,8-9H2,1-3H3/b13-10-. The van der Waals surface area contributed by atoms with Crippen LogP contribution in [0.15, 0.2) is 27.5 Å². The van der Waals surface area contributed by atoms with E-state index < -0.39 is 17.5 Å². The van der Waals surface area contributed by atoms with Crippen LogP contribution in [0.4, 0.5) is 13.2 Å². The van der Waals surface area contributed by atoms with E-state index in [4.69, 9.17) is 11.6 Å². The molecule has 0 unspecified atom stereocenters. The number of hydrogen-bond acceptors (Lipinski definition) is 2. The molecule has 0 radical (unpaired) electrons. The first-order chi connectivity index (χ1) is 11.6. The molecule has 0 heterocycles. The molecule has 0 atom stereocenters. The maximum Gasteiger partial charge on any atom is 0.398 e. The molecule has 1 aliphatic carbocycles. The predicted molar refractivity (Wildman–Crippen MR) is 101 cm³/mol. The number of hydrazine groups is 1. The van der Waals surface area contributed by atoms with Gasteiger partial charge in [0.1, 0.15) is 0 Å². The van der Waals surface area contributed by atoms with Crippen LogP contribution in [0.1, 0.15) is 49.0 Å². The van der Waals surface area contributed by atoms with Gasteiger partial charge >= 0.3 is 6.18 Å². The lowest BCUT2D eigenvalue weighted by Gasteiger charge is -2.28. The van der Waals surface area contributed by atoms with E-state index in [0.29, 0.717) is 12.1 Å². The predicted octanol–water partition coefficient (Wildman–Crippen LogP) is 5.59. The molecule has 25 heavy (non-hydrogen) atoms. The summed E-state index contributed by atoms with van der Waals surface area (Å²) < 4.78 is 41.7. The van der Waals surface area contributed by atoms with Crippen LogP contribution < -0.4 is 5.43 Å². The minimum atomic E-state index is -4.42. The van der Waals surface area contributed by atoms with Crippen molar-refractivity contribution in [3.05, 3.63) is 43.6 Å². The van der Waals surface area contributed by atoms with Crippen molar-refractivity contribution < 1.29 is 18.0 Å². The number of benzene rings is 1. The lowest BCUT2D eigenvalue weighted by molar-refractivity contribution is -0.160. The van der Waals surface area contributed by atoms with Crippen LogP contribution in [0, 0.1) is 0 Å². The van der Waals surface area contributed by atoms with Crippen molar-refractivity contribution in [2.45, 2.75) is 44.7 Å². The highest BCUT2D eigenvalue weighted by molar-refractivity contribution is 14.1. The fourth-order valence-corrected chi connectivity index (χ4v) is 3.88. The SMILES string of the molecule is CC/C(=C(\C)I)N(NC)C(=O)c1c(Cl)cccc1C1(C(F)(F)F)CC1. The van der Waals surface area contributed by atoms with Crippen LogP contribution in [-0.4, -0.2) is 24.1 Å². The van der Waals surface area contributed by atoms with Crippen molar-refractivity contribution in [3.8, 4) is 0 Å². The third-order valence-corrected chi connectivity index (χ3v) is 5.40. The average Bonchev–Trinajstić information content (AvgIpc) is 3.32. The van der Waals surface area contributed by atoms with E-state index >= 15 is 0 Å². The maximum atomic E-state index is 13.6. The largest absolute Gasteiger partial charge is 0.398 e. The van der Waals surface area contributed by atoms with Gasteiger partial charge in [0.05, 0.1) is 16.0 Å². The van der Waals surface area contributed by atoms with Gasteiger partial charge in [0.25, 0.3) is 5.91 Å². The lowest BCUT2D eigenvalue weighted by Crippen LogP contribution is -2.41. The number of allylic oxidation sites excluding steroid dienone is 2. The molecule has 138 valence electrons. The number of halogens is 5. The Kier molecular flexibility index (Phi) is 6.10. The molecule has 1 aromatic rings. The van der Waals surface area contributed by atoms with Gasteiger partial charge in [0.15, 0.2) is 0 Å². The van der Waals surface area contributed by atoms with E-state index in [-0.39, 0.29) is 29.0 Å². The van der Waals surface area contributed by atoms with Crippen molar-refractivity contribution >= 4 is 40.1 Å². The van der Waals surface area contributed by atoms with Gasteiger partial charge < -0.3 is 0 Å². The number of nitrogens with one attached hydrogen (secondary N) is 1. The van der Waals surface area contributed by atoms with E-state index in [0.717, 1.165) is 3.58 Å². The number of hydrogen-bond donors (Lipinski definition) is 1. The molecule has 1 saturated carbocycles. The first-order valence-electron chi connectivity index (χ1n) is 7.83. The molecule has 0 aliphatic heterocycles. The lowest BCUT2D eigenvalue weighted by atomic mass is 9.90. The highest BCUT2D eigenvalue weighted by Gasteiger charge is 2.65. The minimum absolute atomic E-state index is 0.0276. The minimum Gasteiger partial charge on any atom is -0.267 e. The Hall–Kier alpha value is -0.800. The summed E-state index contributed by atoms with van der Waals surface area (Å²) in [6.07, 6.45) is -3.93. The molecule has 1 aromatic carbocycles. The van der Waals surface area contributed by atoms with Gasteiger partial charge in [-0.15, -0.1) is 0 Å². The third-order valence-electron chi connectivity index (χ3n) is 4.46. The monoisotopic (exact) mass is 486 g/mol. The van der Waals surface area contributed by atoms with Crippen LogP contribution in [0.3, 0.4) is 0 Å². The quantitative estimate of drug-likeness (QED) is 0.435. The Labute approximate surface area is 163 Å². The van der Waals surface area contributed by atoms with E-state index in [1.165, 1.54) is 23.2 Å². The summed E-state index contributed by atoms with van der Waals surface area (Å²) in [7, 11) is 1.56. The van der Waals surface area contributed by atoms with E-state index in [9.17, 15) is 18.0 Å². The fraction of sp³-hybridized carbons (Fsp3) is 0.471. The summed E-state index contributed by atoms with van der Waals surface area (Å²) in [6.45, 7) is 3.71. The zero-order chi connectivity index (χ0) is 19.0. The van der Waals surface area contributed by atoms with E-state index in [1.807, 2.05) is 13.8 Å². The molecule has 8 heteroatoms. The van der Waals surface area contributed by atoms with Crippen molar-refractivity contribution in [1.29, 1.82) is 0 Å². The first-order valence-corrected chi connectivity index (χ1v) is 9.29. The number of carbonyl (C=O) groups excluding carboxylic acids is 1. The molecule has 2 rings (SSSR count). The molecule has 0 bridgehead atoms. The molecule has 1 fully saturated rings. The smallest absolute Gasteiger partial charge is 0.267 e. The Morgan fingerprint density at radius 1 is 1.40 bits per heavy atom. The van der Waals surface area contributed by atoms with Crippen LogP contribution in [0.5, 0.6) is 0 Å². The number of nitrogens with zero attached hydrogens (tertiary/aromatic N) is 1. The van der Waals surface area contributed by atoms with Gasteiger partial charge in [-0.25, -0.2) is 10.4 Å². The molecule has 1 N–H and O–H groups in total. The van der Waals surface area contributed by atoms with E-state index in [2.05, 4.69) is 28.0 Å². The second-order valence-corrected chi connectivity index (χ2v) is 7.97. The van der Waals surface area contributed by atoms with Gasteiger partial charge in [0.2, 0.25) is 0 Å². The molecule has 3 nitrogen and oxygen atoms in total. The third kappa shape index (κ3) is 3.68. The Morgan fingerprint density at radius 3 is 2.40 bits per heavy atom. The zero-order valence-corrected chi connectivity index (χ0v) is 17.0. The van der Waals surface area contributed by atoms with Crippen LogP contribution in [0.2, 0.25) is 5.02 Å². The van der Waals surface area contributed by atoms with E-state index in [1.54, 1.807) is 7.05 Å². The van der Waals surface area contributed by atoms with Gasteiger partial charge in [-0.3, -0.25) is 4.79 Å². The van der Waals surface area contributed by atoms with Crippen LogP contribution in [-0.2, 0) is 5.41 Å². The molecule has 1 amide bonds. The normalized spacial score (nSPS) is 17.1. The van der Waals surface area contributed by atoms with Gasteiger partial charge in [-0.1, -0.05) is 30.7 Å². The Morgan fingerprint density at radius 2 is 2.00 bits per heavy atom. The molecule has 0 aromatic heterocycles. The summed E-state index contributed by atoms with van der Waals surface area (Å²) in [6, 6.07) is 4.27. The fourth-order valence-electron chi connectivity index (χ4n) is 3.00. The molecular weight excluding hydrogens is 468 g/mol. The molecule has 0 spiro atoms. The molecular formula is C17H19ClF3IN2O. The zero-order valence-electron chi connectivity index (χ0n) is 14.1. The molecule has 0 saturated heterocycles. The average molecular weight is 487 g/mol. The number of rotatable bonds is 5. The second-order valence-electron chi connectivity index (χ2n) is 5.94. The maximum absolute atomic E-state index is 13.6. The Balaban J connectivity index is 2.60. The van der Waals surface area contributed by atoms with Crippen molar-refractivity contribution in [1.82, 2.24) is 10.4 Å². The molecule has 1 aliphatic rings. The number of alkyl halides is 3. The van der Waals surface area contributed by atoms with Gasteiger partial charge in [0, 0.05) is 16.3 Å². The van der Waals surface area contributed by atoms with Gasteiger partial charge in [-0.2, -0.15) is 13.2 Å². The summed E-state index contributed by atoms with van der Waals surface area (Å²) in [5.41, 5.74) is 1.37. The van der Waals surface area contributed by atoms with Gasteiger partial charge in [-0.05, 0) is 60.4 Å². The highest BCUT2D eigenvalue weighted by Crippen LogP contribution is 2.60. The first kappa shape index (κ1) is 20.5. The number of amides is 1. The summed E-state index contributed by atoms with van der Waals surface area (Å²) in [4.78, 5) is 13.1. The van der Waals surface area contributed by atoms with Crippen molar-refractivity contribution in [2.24, 2.45) is 0 Å². The van der Waals surface area contributed by atoms with Crippen LogP contribution >= 0.6 is 34.2 Å². The van der Waals surface area contributed by atoms with Crippen LogP contribution in [0.25, 0.3) is 0 Å². The summed E-state index contributed by atoms with van der Waals surface area (Å²) in [5, 5.41) is 1.30. The number of carbonyl (C=O) groups is 1. The summed E-state index contributed by atoms with van der Waals surface area (Å²) in [5.74, 6) is -0.577. The summed E-state index contributed by atoms with van der Waals surface area (Å²) >= 11 is 8.26. The van der Waals surface area contributed by atoms with Crippen molar-refractivity contribution in [2.75, 3.05) is 7.05 Å². The highest BCUT2D eigenvalue weighted by atomic mass is 127. The Bertz CT molecular complexity index is 710. The second kappa shape index (κ2) is 7.44. The topological polar surface area (TPSA) is 32.3 Å². The van der Waals surface area contributed by atoms with Crippen molar-refractivity contribution in [3.63, 3.8) is 0 Å².